The summed E-state index contributed by atoms with van der Waals surface area (Å²) in [5.74, 6) is -0.152. The molecule has 1 amide bonds. The molecule has 20 heavy (non-hydrogen) atoms. The first-order valence-electron chi connectivity index (χ1n) is 6.57. The second-order valence-corrected chi connectivity index (χ2v) is 7.27. The van der Waals surface area contributed by atoms with Crippen LogP contribution in [-0.4, -0.2) is 23.2 Å². The number of rotatable bonds is 2. The van der Waals surface area contributed by atoms with Crippen molar-refractivity contribution in [2.45, 2.75) is 32.4 Å². The van der Waals surface area contributed by atoms with E-state index >= 15 is 0 Å². The maximum Gasteiger partial charge on any atom is 0.263 e. The molecular weight excluding hydrogens is 294 g/mol. The molecule has 0 radical (unpaired) electrons. The standard InChI is InChI=1S/C15H16ClNO2S/c1-15(2)10(7-11(15)18)17-14(19)13-12(16)8-5-3-4-6-9(8)20-13/h3-6,10-11,18H,7H2,1-2H3,(H,17,19). The van der Waals surface area contributed by atoms with Crippen molar-refractivity contribution in [1.29, 1.82) is 0 Å². The highest BCUT2D eigenvalue weighted by Crippen LogP contribution is 2.41. The summed E-state index contributed by atoms with van der Waals surface area (Å²) in [6.45, 7) is 3.91. The summed E-state index contributed by atoms with van der Waals surface area (Å²) in [4.78, 5) is 12.9. The van der Waals surface area contributed by atoms with Crippen LogP contribution >= 0.6 is 22.9 Å². The average Bonchev–Trinajstić information content (AvgIpc) is 2.76. The van der Waals surface area contributed by atoms with Gasteiger partial charge in [0.2, 0.25) is 0 Å². The fraction of sp³-hybridized carbons (Fsp3) is 0.400. The van der Waals surface area contributed by atoms with Gasteiger partial charge in [0.15, 0.2) is 0 Å². The number of hydrogen-bond donors (Lipinski definition) is 2. The summed E-state index contributed by atoms with van der Waals surface area (Å²) >= 11 is 7.70. The number of benzene rings is 1. The highest BCUT2D eigenvalue weighted by Gasteiger charge is 2.48. The van der Waals surface area contributed by atoms with Crippen LogP contribution in [0.3, 0.4) is 0 Å². The lowest BCUT2D eigenvalue weighted by molar-refractivity contribution is -0.0689. The Labute approximate surface area is 126 Å². The zero-order valence-electron chi connectivity index (χ0n) is 11.3. The lowest BCUT2D eigenvalue weighted by atomic mass is 9.64. The van der Waals surface area contributed by atoms with Crippen LogP contribution in [-0.2, 0) is 0 Å². The molecule has 1 aromatic carbocycles. The molecule has 0 bridgehead atoms. The van der Waals surface area contributed by atoms with Gasteiger partial charge in [-0.3, -0.25) is 4.79 Å². The third kappa shape index (κ3) is 2.03. The second kappa shape index (κ2) is 4.72. The molecule has 2 aromatic rings. The number of carbonyl (C=O) groups is 1. The largest absolute Gasteiger partial charge is 0.392 e. The van der Waals surface area contributed by atoms with E-state index in [1.807, 2.05) is 38.1 Å². The van der Waals surface area contributed by atoms with Crippen molar-refractivity contribution in [3.8, 4) is 0 Å². The van der Waals surface area contributed by atoms with Crippen molar-refractivity contribution in [3.63, 3.8) is 0 Å². The lowest BCUT2D eigenvalue weighted by Crippen LogP contribution is -2.61. The predicted molar refractivity (Wildman–Crippen MR) is 82.5 cm³/mol. The second-order valence-electron chi connectivity index (χ2n) is 5.84. The first-order chi connectivity index (χ1) is 9.41. The highest BCUT2D eigenvalue weighted by atomic mass is 35.5. The van der Waals surface area contributed by atoms with E-state index in [0.717, 1.165) is 10.1 Å². The maximum absolute atomic E-state index is 12.4. The SMILES string of the molecule is CC1(C)C(O)CC1NC(=O)c1sc2ccccc2c1Cl. The van der Waals surface area contributed by atoms with Gasteiger partial charge in [0.05, 0.1) is 11.1 Å². The molecule has 3 nitrogen and oxygen atoms in total. The molecule has 1 heterocycles. The maximum atomic E-state index is 12.4. The molecule has 1 aliphatic carbocycles. The van der Waals surface area contributed by atoms with E-state index in [9.17, 15) is 9.90 Å². The minimum absolute atomic E-state index is 0.00808. The number of nitrogens with one attached hydrogen (secondary N) is 1. The van der Waals surface area contributed by atoms with E-state index in [2.05, 4.69) is 5.32 Å². The quantitative estimate of drug-likeness (QED) is 0.892. The molecular formula is C15H16ClNO2S. The molecule has 1 aliphatic rings. The number of carbonyl (C=O) groups excluding carboxylic acids is 1. The van der Waals surface area contributed by atoms with Crippen LogP contribution in [0.5, 0.6) is 0 Å². The molecule has 2 atom stereocenters. The number of aliphatic hydroxyl groups is 1. The third-order valence-electron chi connectivity index (χ3n) is 4.26. The van der Waals surface area contributed by atoms with E-state index in [-0.39, 0.29) is 23.5 Å². The summed E-state index contributed by atoms with van der Waals surface area (Å²) in [6, 6.07) is 7.71. The number of amides is 1. The van der Waals surface area contributed by atoms with Crippen LogP contribution in [0.4, 0.5) is 0 Å². The van der Waals surface area contributed by atoms with Gasteiger partial charge in [-0.1, -0.05) is 43.6 Å². The topological polar surface area (TPSA) is 49.3 Å². The van der Waals surface area contributed by atoms with Gasteiger partial charge in [-0.05, 0) is 12.5 Å². The van der Waals surface area contributed by atoms with Crippen LogP contribution in [0.1, 0.15) is 29.9 Å². The van der Waals surface area contributed by atoms with E-state index in [1.54, 1.807) is 0 Å². The fourth-order valence-electron chi connectivity index (χ4n) is 2.53. The van der Waals surface area contributed by atoms with Gasteiger partial charge in [-0.15, -0.1) is 11.3 Å². The number of aliphatic hydroxyl groups excluding tert-OH is 1. The number of hydrogen-bond acceptors (Lipinski definition) is 3. The number of fused-ring (bicyclic) bond motifs is 1. The Morgan fingerprint density at radius 3 is 2.75 bits per heavy atom. The van der Waals surface area contributed by atoms with Gasteiger partial charge in [-0.25, -0.2) is 0 Å². The summed E-state index contributed by atoms with van der Waals surface area (Å²) in [5.41, 5.74) is -0.279. The van der Waals surface area contributed by atoms with Crippen molar-refractivity contribution in [1.82, 2.24) is 5.32 Å². The van der Waals surface area contributed by atoms with Gasteiger partial charge in [0, 0.05) is 21.5 Å². The smallest absolute Gasteiger partial charge is 0.263 e. The number of halogens is 1. The molecule has 2 unspecified atom stereocenters. The minimum Gasteiger partial charge on any atom is -0.392 e. The van der Waals surface area contributed by atoms with Crippen LogP contribution in [0.2, 0.25) is 5.02 Å². The van der Waals surface area contributed by atoms with Crippen molar-refractivity contribution in [3.05, 3.63) is 34.2 Å². The predicted octanol–water partition coefficient (Wildman–Crippen LogP) is 3.44. The molecule has 0 spiro atoms. The number of thiophene rings is 1. The summed E-state index contributed by atoms with van der Waals surface area (Å²) in [6.07, 6.45) is 0.243. The molecule has 0 aliphatic heterocycles. The van der Waals surface area contributed by atoms with Gasteiger partial charge in [0.1, 0.15) is 4.88 Å². The molecule has 3 rings (SSSR count). The van der Waals surface area contributed by atoms with Crippen molar-refractivity contribution >= 4 is 38.9 Å². The fourth-order valence-corrected chi connectivity index (χ4v) is 3.95. The Kier molecular flexibility index (Phi) is 3.27. The Balaban J connectivity index is 1.85. The first-order valence-corrected chi connectivity index (χ1v) is 7.76. The van der Waals surface area contributed by atoms with E-state index < -0.39 is 0 Å². The normalized spacial score (nSPS) is 24.4. The summed E-state index contributed by atoms with van der Waals surface area (Å²) < 4.78 is 1.01. The molecule has 1 aromatic heterocycles. The average molecular weight is 310 g/mol. The van der Waals surface area contributed by atoms with Crippen molar-refractivity contribution in [2.75, 3.05) is 0 Å². The third-order valence-corrected chi connectivity index (χ3v) is 5.94. The summed E-state index contributed by atoms with van der Waals surface area (Å²) in [7, 11) is 0. The van der Waals surface area contributed by atoms with Crippen molar-refractivity contribution < 1.29 is 9.90 Å². The molecule has 0 saturated heterocycles. The monoisotopic (exact) mass is 309 g/mol. The van der Waals surface area contributed by atoms with Crippen LogP contribution in [0.25, 0.3) is 10.1 Å². The molecule has 2 N–H and O–H groups in total. The van der Waals surface area contributed by atoms with Gasteiger partial charge in [-0.2, -0.15) is 0 Å². The Hall–Kier alpha value is -1.10. The van der Waals surface area contributed by atoms with Crippen molar-refractivity contribution in [2.24, 2.45) is 5.41 Å². The zero-order valence-corrected chi connectivity index (χ0v) is 12.9. The van der Waals surface area contributed by atoms with Gasteiger partial charge < -0.3 is 10.4 Å². The summed E-state index contributed by atoms with van der Waals surface area (Å²) in [5, 5.41) is 14.1. The van der Waals surface area contributed by atoms with E-state index in [1.165, 1.54) is 11.3 Å². The van der Waals surface area contributed by atoms with E-state index in [0.29, 0.717) is 16.3 Å². The Bertz CT molecular complexity index is 680. The minimum atomic E-state index is -0.356. The van der Waals surface area contributed by atoms with Gasteiger partial charge in [0.25, 0.3) is 5.91 Å². The molecule has 1 saturated carbocycles. The lowest BCUT2D eigenvalue weighted by Gasteiger charge is -2.49. The van der Waals surface area contributed by atoms with Gasteiger partial charge >= 0.3 is 0 Å². The highest BCUT2D eigenvalue weighted by molar-refractivity contribution is 7.21. The molecule has 5 heteroatoms. The zero-order chi connectivity index (χ0) is 14.5. The Morgan fingerprint density at radius 1 is 1.45 bits per heavy atom. The molecule has 106 valence electrons. The first kappa shape index (κ1) is 13.9. The van der Waals surface area contributed by atoms with E-state index in [4.69, 9.17) is 11.6 Å². The molecule has 1 fully saturated rings. The Morgan fingerprint density at radius 2 is 2.15 bits per heavy atom. The van der Waals surface area contributed by atoms with Crippen LogP contribution < -0.4 is 5.32 Å². The van der Waals surface area contributed by atoms with Crippen LogP contribution in [0, 0.1) is 5.41 Å². The van der Waals surface area contributed by atoms with Crippen LogP contribution in [0.15, 0.2) is 24.3 Å².